The van der Waals surface area contributed by atoms with Gasteiger partial charge >= 0.3 is 0 Å². The van der Waals surface area contributed by atoms with Crippen molar-refractivity contribution in [2.24, 2.45) is 5.92 Å². The quantitative estimate of drug-likeness (QED) is 0.717. The van der Waals surface area contributed by atoms with Crippen molar-refractivity contribution in [3.63, 3.8) is 0 Å². The summed E-state index contributed by atoms with van der Waals surface area (Å²) < 4.78 is 11.9. The lowest BCUT2D eigenvalue weighted by Gasteiger charge is -2.46. The molecule has 88 valence electrons. The van der Waals surface area contributed by atoms with Crippen molar-refractivity contribution in [2.75, 3.05) is 19.7 Å². The topological polar surface area (TPSA) is 30.5 Å². The SMILES string of the molecule is CC1CNCC2(CCOC(C(C)C)C2)O1. The first-order valence-electron chi connectivity index (χ1n) is 6.11. The molecule has 0 radical (unpaired) electrons. The van der Waals surface area contributed by atoms with Gasteiger partial charge in [0.2, 0.25) is 0 Å². The summed E-state index contributed by atoms with van der Waals surface area (Å²) in [7, 11) is 0. The maximum atomic E-state index is 6.15. The van der Waals surface area contributed by atoms with Gasteiger partial charge in [-0.3, -0.25) is 0 Å². The van der Waals surface area contributed by atoms with E-state index in [4.69, 9.17) is 9.47 Å². The molecular weight excluding hydrogens is 190 g/mol. The van der Waals surface area contributed by atoms with E-state index in [1.165, 1.54) is 0 Å². The van der Waals surface area contributed by atoms with Crippen LogP contribution >= 0.6 is 0 Å². The number of morpholine rings is 1. The Labute approximate surface area is 92.5 Å². The number of hydrogen-bond donors (Lipinski definition) is 1. The van der Waals surface area contributed by atoms with Gasteiger partial charge in [0.15, 0.2) is 0 Å². The van der Waals surface area contributed by atoms with Crippen LogP contribution in [0.15, 0.2) is 0 Å². The van der Waals surface area contributed by atoms with Gasteiger partial charge in [-0.05, 0) is 12.8 Å². The molecule has 15 heavy (non-hydrogen) atoms. The molecule has 0 aliphatic carbocycles. The van der Waals surface area contributed by atoms with Crippen molar-refractivity contribution in [3.8, 4) is 0 Å². The van der Waals surface area contributed by atoms with E-state index in [2.05, 4.69) is 26.1 Å². The molecule has 0 bridgehead atoms. The molecule has 3 nitrogen and oxygen atoms in total. The number of rotatable bonds is 1. The molecule has 3 atom stereocenters. The van der Waals surface area contributed by atoms with Gasteiger partial charge in [0.1, 0.15) is 0 Å². The molecule has 0 aromatic rings. The third-order valence-electron chi connectivity index (χ3n) is 3.54. The molecule has 3 heteroatoms. The van der Waals surface area contributed by atoms with Crippen LogP contribution in [0.25, 0.3) is 0 Å². The highest BCUT2D eigenvalue weighted by Gasteiger charge is 2.41. The second-order valence-electron chi connectivity index (χ2n) is 5.35. The van der Waals surface area contributed by atoms with Gasteiger partial charge in [0.05, 0.1) is 17.8 Å². The van der Waals surface area contributed by atoms with Gasteiger partial charge in [-0.25, -0.2) is 0 Å². The van der Waals surface area contributed by atoms with Crippen LogP contribution < -0.4 is 5.32 Å². The van der Waals surface area contributed by atoms with Crippen LogP contribution in [0.2, 0.25) is 0 Å². The Morgan fingerprint density at radius 3 is 2.87 bits per heavy atom. The molecule has 0 amide bonds. The highest BCUT2D eigenvalue weighted by Crippen LogP contribution is 2.33. The lowest BCUT2D eigenvalue weighted by Crippen LogP contribution is -2.57. The fraction of sp³-hybridized carbons (Fsp3) is 1.00. The molecule has 1 N–H and O–H groups in total. The van der Waals surface area contributed by atoms with Gasteiger partial charge in [-0.1, -0.05) is 13.8 Å². The first-order chi connectivity index (χ1) is 7.11. The summed E-state index contributed by atoms with van der Waals surface area (Å²) in [4.78, 5) is 0. The Morgan fingerprint density at radius 2 is 2.20 bits per heavy atom. The second-order valence-corrected chi connectivity index (χ2v) is 5.35. The monoisotopic (exact) mass is 213 g/mol. The molecule has 2 rings (SSSR count). The molecule has 2 saturated heterocycles. The predicted molar refractivity (Wildman–Crippen MR) is 60.0 cm³/mol. The van der Waals surface area contributed by atoms with Gasteiger partial charge in [-0.2, -0.15) is 0 Å². The predicted octanol–water partition coefficient (Wildman–Crippen LogP) is 1.57. The molecule has 0 aromatic carbocycles. The standard InChI is InChI=1S/C12H23NO2/c1-9(2)11-6-12(4-5-14-11)8-13-7-10(3)15-12/h9-11,13H,4-8H2,1-3H3. The van der Waals surface area contributed by atoms with Crippen molar-refractivity contribution in [2.45, 2.75) is 51.4 Å². The molecule has 2 aliphatic rings. The van der Waals surface area contributed by atoms with Crippen molar-refractivity contribution < 1.29 is 9.47 Å². The fourth-order valence-corrected chi connectivity index (χ4v) is 2.63. The minimum Gasteiger partial charge on any atom is -0.378 e. The van der Waals surface area contributed by atoms with E-state index in [0.29, 0.717) is 18.1 Å². The van der Waals surface area contributed by atoms with Crippen LogP contribution in [0.1, 0.15) is 33.6 Å². The smallest absolute Gasteiger partial charge is 0.0857 e. The third-order valence-corrected chi connectivity index (χ3v) is 3.54. The van der Waals surface area contributed by atoms with Crippen LogP contribution in [0.3, 0.4) is 0 Å². The highest BCUT2D eigenvalue weighted by molar-refractivity contribution is 4.93. The summed E-state index contributed by atoms with van der Waals surface area (Å²) in [6.07, 6.45) is 2.78. The maximum Gasteiger partial charge on any atom is 0.0857 e. The molecule has 2 heterocycles. The number of hydrogen-bond acceptors (Lipinski definition) is 3. The molecule has 1 spiro atoms. The van der Waals surface area contributed by atoms with E-state index in [1.807, 2.05) is 0 Å². The van der Waals surface area contributed by atoms with Crippen molar-refractivity contribution >= 4 is 0 Å². The minimum atomic E-state index is 0.0465. The van der Waals surface area contributed by atoms with E-state index in [0.717, 1.165) is 32.5 Å². The van der Waals surface area contributed by atoms with Crippen molar-refractivity contribution in [1.82, 2.24) is 5.32 Å². The summed E-state index contributed by atoms with van der Waals surface area (Å²) in [5.41, 5.74) is 0.0465. The maximum absolute atomic E-state index is 6.15. The van der Waals surface area contributed by atoms with E-state index >= 15 is 0 Å². The van der Waals surface area contributed by atoms with E-state index in [1.54, 1.807) is 0 Å². The summed E-state index contributed by atoms with van der Waals surface area (Å²) in [5.74, 6) is 0.586. The molecule has 2 aliphatic heterocycles. The lowest BCUT2D eigenvalue weighted by atomic mass is 9.85. The van der Waals surface area contributed by atoms with Gasteiger partial charge < -0.3 is 14.8 Å². The normalized spacial score (nSPS) is 42.4. The molecule has 3 unspecified atom stereocenters. The Morgan fingerprint density at radius 1 is 1.40 bits per heavy atom. The first kappa shape index (κ1) is 11.4. The number of nitrogens with one attached hydrogen (secondary N) is 1. The van der Waals surface area contributed by atoms with E-state index in [-0.39, 0.29) is 5.60 Å². The third kappa shape index (κ3) is 2.52. The van der Waals surface area contributed by atoms with Crippen LogP contribution in [-0.2, 0) is 9.47 Å². The first-order valence-corrected chi connectivity index (χ1v) is 6.11. The minimum absolute atomic E-state index is 0.0465. The molecule has 0 saturated carbocycles. The summed E-state index contributed by atoms with van der Waals surface area (Å²) in [5, 5.41) is 3.47. The van der Waals surface area contributed by atoms with Gasteiger partial charge in [0.25, 0.3) is 0 Å². The second kappa shape index (κ2) is 4.40. The van der Waals surface area contributed by atoms with Crippen LogP contribution in [0.4, 0.5) is 0 Å². The molecule has 2 fully saturated rings. The number of ether oxygens (including phenoxy) is 2. The molecule has 0 aromatic heterocycles. The summed E-state index contributed by atoms with van der Waals surface area (Å²) >= 11 is 0. The van der Waals surface area contributed by atoms with Crippen LogP contribution in [-0.4, -0.2) is 37.5 Å². The Bertz CT molecular complexity index is 216. The zero-order chi connectivity index (χ0) is 10.9. The van der Waals surface area contributed by atoms with Crippen LogP contribution in [0, 0.1) is 5.92 Å². The summed E-state index contributed by atoms with van der Waals surface area (Å²) in [6.45, 7) is 9.41. The zero-order valence-electron chi connectivity index (χ0n) is 10.1. The van der Waals surface area contributed by atoms with Gasteiger partial charge in [0, 0.05) is 32.5 Å². The van der Waals surface area contributed by atoms with E-state index in [9.17, 15) is 0 Å². The van der Waals surface area contributed by atoms with E-state index < -0.39 is 0 Å². The van der Waals surface area contributed by atoms with Crippen molar-refractivity contribution in [3.05, 3.63) is 0 Å². The highest BCUT2D eigenvalue weighted by atomic mass is 16.5. The lowest BCUT2D eigenvalue weighted by molar-refractivity contribution is -0.179. The Hall–Kier alpha value is -0.120. The average Bonchev–Trinajstić information content (AvgIpc) is 2.17. The van der Waals surface area contributed by atoms with Crippen LogP contribution in [0.5, 0.6) is 0 Å². The van der Waals surface area contributed by atoms with Crippen molar-refractivity contribution in [1.29, 1.82) is 0 Å². The Balaban J connectivity index is 2.01. The summed E-state index contributed by atoms with van der Waals surface area (Å²) in [6, 6.07) is 0. The van der Waals surface area contributed by atoms with Gasteiger partial charge in [-0.15, -0.1) is 0 Å². The fourth-order valence-electron chi connectivity index (χ4n) is 2.63. The zero-order valence-corrected chi connectivity index (χ0v) is 10.1. The average molecular weight is 213 g/mol. The Kier molecular flexibility index (Phi) is 3.33. The molecular formula is C12H23NO2. The largest absolute Gasteiger partial charge is 0.378 e.